The van der Waals surface area contributed by atoms with Crippen LogP contribution in [0, 0.1) is 0 Å². The molecule has 1 fully saturated rings. The number of sulfone groups is 1. The summed E-state index contributed by atoms with van der Waals surface area (Å²) in [6.45, 7) is 1.57. The molecule has 0 spiro atoms. The van der Waals surface area contributed by atoms with Crippen LogP contribution in [0.5, 0.6) is 5.75 Å². The first-order valence-corrected chi connectivity index (χ1v) is 10.4. The van der Waals surface area contributed by atoms with E-state index in [0.29, 0.717) is 17.5 Å². The molecule has 0 aromatic heterocycles. The lowest BCUT2D eigenvalue weighted by Gasteiger charge is -2.24. The largest absolute Gasteiger partial charge is 0.497 e. The zero-order valence-electron chi connectivity index (χ0n) is 14.6. The molecule has 1 saturated heterocycles. The minimum absolute atomic E-state index is 0.177. The van der Waals surface area contributed by atoms with Crippen molar-refractivity contribution in [3.05, 3.63) is 60.2 Å². The number of benzene rings is 2. The minimum atomic E-state index is -3.21. The summed E-state index contributed by atoms with van der Waals surface area (Å²) in [5.74, 6) is 1.04. The van der Waals surface area contributed by atoms with Crippen LogP contribution in [-0.4, -0.2) is 45.3 Å². The van der Waals surface area contributed by atoms with Crippen molar-refractivity contribution in [3.63, 3.8) is 0 Å². The molecule has 1 atom stereocenters. The van der Waals surface area contributed by atoms with Crippen molar-refractivity contribution in [1.82, 2.24) is 4.90 Å². The molecule has 1 aliphatic heterocycles. The van der Waals surface area contributed by atoms with E-state index >= 15 is 0 Å². The van der Waals surface area contributed by atoms with Gasteiger partial charge >= 0.3 is 0 Å². The molecule has 1 aliphatic rings. The molecule has 0 aliphatic carbocycles. The van der Waals surface area contributed by atoms with Crippen LogP contribution in [0.1, 0.15) is 18.4 Å². The van der Waals surface area contributed by atoms with Crippen molar-refractivity contribution in [2.24, 2.45) is 0 Å². The van der Waals surface area contributed by atoms with Gasteiger partial charge in [-0.3, -0.25) is 4.90 Å². The maximum absolute atomic E-state index is 12.5. The zero-order valence-corrected chi connectivity index (χ0v) is 15.4. The molecule has 0 radical (unpaired) electrons. The predicted octanol–water partition coefficient (Wildman–Crippen LogP) is 3.18. The van der Waals surface area contributed by atoms with Gasteiger partial charge in [-0.25, -0.2) is 8.42 Å². The second kappa shape index (κ2) is 8.02. The van der Waals surface area contributed by atoms with Gasteiger partial charge in [0.05, 0.1) is 17.8 Å². The number of likely N-dealkylation sites (tertiary alicyclic amines) is 1. The van der Waals surface area contributed by atoms with Crippen LogP contribution >= 0.6 is 0 Å². The molecule has 0 bridgehead atoms. The standard InChI is InChI=1S/C20H25NO3S/c1-24-19-11-9-17(10-12-19)16-18-6-5-13-21(18)14-15-25(22,23)20-7-3-2-4-8-20/h2-4,7-12,18H,5-6,13-16H2,1H3/t18-/m1/s1. The molecule has 2 aromatic carbocycles. The Morgan fingerprint density at radius 1 is 1.08 bits per heavy atom. The van der Waals surface area contributed by atoms with E-state index in [9.17, 15) is 8.42 Å². The fourth-order valence-electron chi connectivity index (χ4n) is 3.44. The fourth-order valence-corrected chi connectivity index (χ4v) is 4.72. The van der Waals surface area contributed by atoms with Gasteiger partial charge in [-0.15, -0.1) is 0 Å². The van der Waals surface area contributed by atoms with Crippen LogP contribution in [0.2, 0.25) is 0 Å². The van der Waals surface area contributed by atoms with Crippen molar-refractivity contribution in [2.75, 3.05) is 26.0 Å². The third kappa shape index (κ3) is 4.61. The van der Waals surface area contributed by atoms with Crippen molar-refractivity contribution in [3.8, 4) is 5.75 Å². The molecule has 0 unspecified atom stereocenters. The Hall–Kier alpha value is -1.85. The molecule has 0 saturated carbocycles. The Morgan fingerprint density at radius 3 is 2.48 bits per heavy atom. The quantitative estimate of drug-likeness (QED) is 0.762. The second-order valence-corrected chi connectivity index (χ2v) is 8.63. The molecule has 3 rings (SSSR count). The number of hydrogen-bond donors (Lipinski definition) is 0. The summed E-state index contributed by atoms with van der Waals surface area (Å²) in [6, 6.07) is 17.3. The summed E-state index contributed by atoms with van der Waals surface area (Å²) in [5, 5.41) is 0. The molecule has 5 heteroatoms. The highest BCUT2D eigenvalue weighted by Crippen LogP contribution is 2.23. The van der Waals surface area contributed by atoms with E-state index in [1.54, 1.807) is 31.4 Å². The summed E-state index contributed by atoms with van der Waals surface area (Å²) < 4.78 is 30.2. The maximum atomic E-state index is 12.5. The summed E-state index contributed by atoms with van der Waals surface area (Å²) >= 11 is 0. The molecule has 134 valence electrons. The monoisotopic (exact) mass is 359 g/mol. The highest BCUT2D eigenvalue weighted by atomic mass is 32.2. The van der Waals surface area contributed by atoms with Gasteiger partial charge in [0, 0.05) is 12.6 Å². The van der Waals surface area contributed by atoms with E-state index in [4.69, 9.17) is 4.74 Å². The third-order valence-electron chi connectivity index (χ3n) is 4.88. The number of ether oxygens (including phenoxy) is 1. The first kappa shape index (κ1) is 18.0. The Morgan fingerprint density at radius 2 is 1.80 bits per heavy atom. The number of rotatable bonds is 7. The van der Waals surface area contributed by atoms with Gasteiger partial charge in [0.1, 0.15) is 5.75 Å². The number of hydrogen-bond acceptors (Lipinski definition) is 4. The van der Waals surface area contributed by atoms with Crippen LogP contribution in [-0.2, 0) is 16.3 Å². The van der Waals surface area contributed by atoms with Gasteiger partial charge in [0.15, 0.2) is 9.84 Å². The molecular formula is C20H25NO3S. The molecule has 0 N–H and O–H groups in total. The van der Waals surface area contributed by atoms with Crippen LogP contribution in [0.15, 0.2) is 59.5 Å². The highest BCUT2D eigenvalue weighted by molar-refractivity contribution is 7.91. The average molecular weight is 359 g/mol. The first-order valence-electron chi connectivity index (χ1n) is 8.73. The summed E-state index contributed by atoms with van der Waals surface area (Å²) in [4.78, 5) is 2.74. The van der Waals surface area contributed by atoms with Gasteiger partial charge in [0.2, 0.25) is 0 Å². The summed E-state index contributed by atoms with van der Waals surface area (Å²) in [5.41, 5.74) is 1.27. The van der Waals surface area contributed by atoms with Crippen LogP contribution in [0.4, 0.5) is 0 Å². The van der Waals surface area contributed by atoms with Crippen LogP contribution in [0.3, 0.4) is 0 Å². The lowest BCUT2D eigenvalue weighted by Crippen LogP contribution is -2.35. The van der Waals surface area contributed by atoms with Gasteiger partial charge < -0.3 is 4.74 Å². The Balaban J connectivity index is 1.60. The lowest BCUT2D eigenvalue weighted by molar-refractivity contribution is 0.267. The van der Waals surface area contributed by atoms with Crippen LogP contribution < -0.4 is 4.74 Å². The van der Waals surface area contributed by atoms with Crippen molar-refractivity contribution >= 4 is 9.84 Å². The number of nitrogens with zero attached hydrogens (tertiary/aromatic N) is 1. The van der Waals surface area contributed by atoms with Crippen LogP contribution in [0.25, 0.3) is 0 Å². The van der Waals surface area contributed by atoms with Gasteiger partial charge in [-0.1, -0.05) is 30.3 Å². The first-order chi connectivity index (χ1) is 12.1. The molecule has 2 aromatic rings. The van der Waals surface area contributed by atoms with Gasteiger partial charge in [-0.05, 0) is 55.6 Å². The Labute approximate surface area is 150 Å². The topological polar surface area (TPSA) is 46.6 Å². The van der Waals surface area contributed by atoms with E-state index in [1.807, 2.05) is 18.2 Å². The third-order valence-corrected chi connectivity index (χ3v) is 6.59. The maximum Gasteiger partial charge on any atom is 0.179 e. The number of methoxy groups -OCH3 is 1. The minimum Gasteiger partial charge on any atom is -0.497 e. The van der Waals surface area contributed by atoms with E-state index in [0.717, 1.165) is 31.6 Å². The molecule has 25 heavy (non-hydrogen) atoms. The van der Waals surface area contributed by atoms with Crippen molar-refractivity contribution in [2.45, 2.75) is 30.2 Å². The predicted molar refractivity (Wildman–Crippen MR) is 99.8 cm³/mol. The van der Waals surface area contributed by atoms with E-state index in [1.165, 1.54) is 5.56 Å². The Bertz CT molecular complexity index is 772. The van der Waals surface area contributed by atoms with Crippen molar-refractivity contribution in [1.29, 1.82) is 0 Å². The van der Waals surface area contributed by atoms with Gasteiger partial charge in [-0.2, -0.15) is 0 Å². The van der Waals surface area contributed by atoms with Crippen molar-refractivity contribution < 1.29 is 13.2 Å². The molecule has 0 amide bonds. The smallest absolute Gasteiger partial charge is 0.179 e. The zero-order chi connectivity index (χ0) is 17.7. The van der Waals surface area contributed by atoms with E-state index in [-0.39, 0.29) is 5.75 Å². The van der Waals surface area contributed by atoms with E-state index < -0.39 is 9.84 Å². The molecule has 4 nitrogen and oxygen atoms in total. The van der Waals surface area contributed by atoms with E-state index in [2.05, 4.69) is 17.0 Å². The summed E-state index contributed by atoms with van der Waals surface area (Å²) in [7, 11) is -1.54. The van der Waals surface area contributed by atoms with Gasteiger partial charge in [0.25, 0.3) is 0 Å². The summed E-state index contributed by atoms with van der Waals surface area (Å²) in [6.07, 6.45) is 3.21. The Kier molecular flexibility index (Phi) is 5.76. The SMILES string of the molecule is COc1ccc(C[C@H]2CCCN2CCS(=O)(=O)c2ccccc2)cc1. The molecule has 1 heterocycles. The average Bonchev–Trinajstić information content (AvgIpc) is 3.08. The molecular weight excluding hydrogens is 334 g/mol. The highest BCUT2D eigenvalue weighted by Gasteiger charge is 2.26. The fraction of sp³-hybridized carbons (Fsp3) is 0.400. The normalized spacial score (nSPS) is 18.4. The second-order valence-electron chi connectivity index (χ2n) is 6.52. The lowest BCUT2D eigenvalue weighted by atomic mass is 10.0.